The van der Waals surface area contributed by atoms with E-state index in [1.54, 1.807) is 55.6 Å². The number of nitrogens with zero attached hydrogens (tertiary/aromatic N) is 2. The number of para-hydroxylation sites is 1. The minimum Gasteiger partial charge on any atom is -0.506 e. The summed E-state index contributed by atoms with van der Waals surface area (Å²) in [7, 11) is 0. The quantitative estimate of drug-likeness (QED) is 0.578. The van der Waals surface area contributed by atoms with Crippen LogP contribution in [0.2, 0.25) is 0 Å². The Balaban J connectivity index is 2.21. The summed E-state index contributed by atoms with van der Waals surface area (Å²) in [5.41, 5.74) is 0.128. The Morgan fingerprint density at radius 2 is 1.95 bits per heavy atom. The smallest absolute Gasteiger partial charge is 0.349 e. The summed E-state index contributed by atoms with van der Waals surface area (Å²) in [6.45, 7) is 1.63. The molecule has 5 heteroatoms. The number of fused-ring (bicyclic) bond motifs is 1. The Morgan fingerprint density at radius 1 is 1.19 bits per heavy atom. The maximum absolute atomic E-state index is 12.1. The normalized spacial score (nSPS) is 11.8. The second-order valence-corrected chi connectivity index (χ2v) is 4.49. The third-order valence-corrected chi connectivity index (χ3v) is 3.08. The number of aliphatic imine (C=N–C) groups is 1. The van der Waals surface area contributed by atoms with Crippen molar-refractivity contribution >= 4 is 22.5 Å². The van der Waals surface area contributed by atoms with E-state index in [4.69, 9.17) is 4.42 Å². The van der Waals surface area contributed by atoms with Crippen LogP contribution in [0, 0.1) is 0 Å². The molecule has 0 aliphatic carbocycles. The zero-order valence-corrected chi connectivity index (χ0v) is 11.3. The molecule has 0 saturated carbocycles. The molecule has 3 rings (SSSR count). The first-order valence-electron chi connectivity index (χ1n) is 6.38. The largest absolute Gasteiger partial charge is 0.506 e. The Hall–Kier alpha value is -2.95. The van der Waals surface area contributed by atoms with Crippen LogP contribution >= 0.6 is 0 Å². The van der Waals surface area contributed by atoms with Gasteiger partial charge in [0.2, 0.25) is 0 Å². The van der Waals surface area contributed by atoms with Crippen molar-refractivity contribution in [3.05, 3.63) is 64.6 Å². The maximum Gasteiger partial charge on any atom is 0.349 e. The molecule has 21 heavy (non-hydrogen) atoms. The van der Waals surface area contributed by atoms with E-state index in [1.165, 1.54) is 0 Å². The van der Waals surface area contributed by atoms with E-state index in [0.29, 0.717) is 22.5 Å². The summed E-state index contributed by atoms with van der Waals surface area (Å²) >= 11 is 0. The highest BCUT2D eigenvalue weighted by molar-refractivity contribution is 6.05. The van der Waals surface area contributed by atoms with Crippen molar-refractivity contribution < 1.29 is 9.52 Å². The summed E-state index contributed by atoms with van der Waals surface area (Å²) in [4.78, 5) is 20.4. The van der Waals surface area contributed by atoms with Gasteiger partial charge in [0.15, 0.2) is 5.82 Å². The molecule has 104 valence electrons. The predicted molar refractivity (Wildman–Crippen MR) is 80.3 cm³/mol. The first-order chi connectivity index (χ1) is 10.2. The topological polar surface area (TPSA) is 75.7 Å². The van der Waals surface area contributed by atoms with Crippen LogP contribution in [0.15, 0.2) is 62.9 Å². The summed E-state index contributed by atoms with van der Waals surface area (Å²) in [6.07, 6.45) is 1.61. The van der Waals surface area contributed by atoms with Gasteiger partial charge in [-0.05, 0) is 31.2 Å². The summed E-state index contributed by atoms with van der Waals surface area (Å²) < 4.78 is 5.22. The number of pyridine rings is 1. The van der Waals surface area contributed by atoms with Crippen molar-refractivity contribution in [2.45, 2.75) is 6.92 Å². The Labute approximate surface area is 120 Å². The molecule has 0 radical (unpaired) electrons. The van der Waals surface area contributed by atoms with E-state index >= 15 is 0 Å². The SMILES string of the molecule is C/C(=N/c1ccccn1)c1c(O)c2ccccc2oc1=O. The Kier molecular flexibility index (Phi) is 3.23. The lowest BCUT2D eigenvalue weighted by Gasteiger charge is -2.05. The molecule has 0 aliphatic heterocycles. The molecule has 2 heterocycles. The molecule has 0 atom stereocenters. The van der Waals surface area contributed by atoms with Crippen LogP contribution in [0.4, 0.5) is 5.82 Å². The van der Waals surface area contributed by atoms with Crippen LogP contribution in [0.5, 0.6) is 5.75 Å². The predicted octanol–water partition coefficient (Wildman–Crippen LogP) is 3.03. The van der Waals surface area contributed by atoms with Crippen LogP contribution in [-0.4, -0.2) is 15.8 Å². The van der Waals surface area contributed by atoms with E-state index < -0.39 is 5.63 Å². The van der Waals surface area contributed by atoms with Crippen molar-refractivity contribution in [2.24, 2.45) is 4.99 Å². The molecule has 0 saturated heterocycles. The van der Waals surface area contributed by atoms with Crippen LogP contribution in [0.1, 0.15) is 12.5 Å². The van der Waals surface area contributed by atoms with Crippen LogP contribution < -0.4 is 5.63 Å². The van der Waals surface area contributed by atoms with Crippen molar-refractivity contribution in [1.82, 2.24) is 4.98 Å². The first-order valence-corrected chi connectivity index (χ1v) is 6.38. The summed E-state index contributed by atoms with van der Waals surface area (Å²) in [5, 5.41) is 10.8. The van der Waals surface area contributed by atoms with Gasteiger partial charge in [-0.1, -0.05) is 18.2 Å². The highest BCUT2D eigenvalue weighted by atomic mass is 16.4. The fraction of sp³-hybridized carbons (Fsp3) is 0.0625. The van der Waals surface area contributed by atoms with E-state index in [0.717, 1.165) is 0 Å². The van der Waals surface area contributed by atoms with E-state index in [9.17, 15) is 9.90 Å². The fourth-order valence-electron chi connectivity index (χ4n) is 2.10. The molecular weight excluding hydrogens is 268 g/mol. The molecule has 2 aromatic heterocycles. The average Bonchev–Trinajstić information content (AvgIpc) is 2.48. The molecule has 0 bridgehead atoms. The van der Waals surface area contributed by atoms with Crippen molar-refractivity contribution in [3.63, 3.8) is 0 Å². The monoisotopic (exact) mass is 280 g/mol. The van der Waals surface area contributed by atoms with Crippen molar-refractivity contribution in [1.29, 1.82) is 0 Å². The lowest BCUT2D eigenvalue weighted by molar-refractivity contribution is 0.466. The molecule has 0 unspecified atom stereocenters. The molecule has 1 aromatic carbocycles. The van der Waals surface area contributed by atoms with Gasteiger partial charge >= 0.3 is 5.63 Å². The second-order valence-electron chi connectivity index (χ2n) is 4.49. The van der Waals surface area contributed by atoms with E-state index in [1.807, 2.05) is 0 Å². The molecule has 0 spiro atoms. The Bertz CT molecular complexity index is 883. The third kappa shape index (κ3) is 2.41. The molecular formula is C16H12N2O3. The van der Waals surface area contributed by atoms with E-state index in [2.05, 4.69) is 9.98 Å². The van der Waals surface area contributed by atoms with Crippen LogP contribution in [0.3, 0.4) is 0 Å². The highest BCUT2D eigenvalue weighted by Crippen LogP contribution is 2.26. The number of benzene rings is 1. The molecule has 0 amide bonds. The lowest BCUT2D eigenvalue weighted by atomic mass is 10.1. The molecule has 0 aliphatic rings. The number of rotatable bonds is 2. The second kappa shape index (κ2) is 5.20. The minimum atomic E-state index is -0.622. The van der Waals surface area contributed by atoms with Crippen molar-refractivity contribution in [3.8, 4) is 5.75 Å². The average molecular weight is 280 g/mol. The van der Waals surface area contributed by atoms with Crippen molar-refractivity contribution in [2.75, 3.05) is 0 Å². The first kappa shape index (κ1) is 13.1. The third-order valence-electron chi connectivity index (χ3n) is 3.08. The number of aromatic nitrogens is 1. The Morgan fingerprint density at radius 3 is 2.71 bits per heavy atom. The van der Waals surface area contributed by atoms with Gasteiger partial charge in [0.25, 0.3) is 0 Å². The summed E-state index contributed by atoms with van der Waals surface area (Å²) in [6, 6.07) is 12.1. The molecule has 1 N–H and O–H groups in total. The molecule has 5 nitrogen and oxygen atoms in total. The van der Waals surface area contributed by atoms with Gasteiger partial charge in [-0.2, -0.15) is 0 Å². The van der Waals surface area contributed by atoms with Gasteiger partial charge in [0.05, 0.1) is 11.1 Å². The van der Waals surface area contributed by atoms with Gasteiger partial charge < -0.3 is 9.52 Å². The maximum atomic E-state index is 12.1. The standard InChI is InChI=1S/C16H12N2O3/c1-10(18-13-8-4-5-9-17-13)14-15(19)11-6-2-3-7-12(11)21-16(14)20/h2-9,19H,1H3/b18-10-. The number of hydrogen-bond acceptors (Lipinski definition) is 5. The zero-order valence-electron chi connectivity index (χ0n) is 11.3. The van der Waals surface area contributed by atoms with Gasteiger partial charge in [-0.15, -0.1) is 0 Å². The fourth-order valence-corrected chi connectivity index (χ4v) is 2.10. The van der Waals surface area contributed by atoms with Gasteiger partial charge in [-0.25, -0.2) is 14.8 Å². The highest BCUT2D eigenvalue weighted by Gasteiger charge is 2.16. The van der Waals surface area contributed by atoms with Crippen LogP contribution in [0.25, 0.3) is 11.0 Å². The summed E-state index contributed by atoms with van der Waals surface area (Å²) in [5.74, 6) is 0.334. The van der Waals surface area contributed by atoms with Gasteiger partial charge in [0, 0.05) is 6.20 Å². The minimum absolute atomic E-state index is 0.0550. The zero-order chi connectivity index (χ0) is 14.8. The van der Waals surface area contributed by atoms with Gasteiger partial charge in [-0.3, -0.25) is 0 Å². The van der Waals surface area contributed by atoms with Crippen LogP contribution in [-0.2, 0) is 0 Å². The van der Waals surface area contributed by atoms with E-state index in [-0.39, 0.29) is 11.3 Å². The number of hydrogen-bond donors (Lipinski definition) is 1. The molecule has 3 aromatic rings. The lowest BCUT2D eigenvalue weighted by Crippen LogP contribution is -2.12. The molecule has 0 fully saturated rings. The number of aromatic hydroxyl groups is 1. The van der Waals surface area contributed by atoms with Gasteiger partial charge in [0.1, 0.15) is 16.9 Å².